The van der Waals surface area contributed by atoms with Gasteiger partial charge in [0.15, 0.2) is 11.9 Å². The third-order valence-electron chi connectivity index (χ3n) is 7.71. The Hall–Kier alpha value is -1.70. The highest BCUT2D eigenvalue weighted by Crippen LogP contribution is 2.45. The van der Waals surface area contributed by atoms with Crippen molar-refractivity contribution < 1.29 is 33.6 Å². The Morgan fingerprint density at radius 1 is 1.21 bits per heavy atom. The molecule has 34 heavy (non-hydrogen) atoms. The molecule has 2 aliphatic carbocycles. The van der Waals surface area contributed by atoms with Crippen LogP contribution in [-0.2, 0) is 28.5 Å². The predicted molar refractivity (Wildman–Crippen MR) is 128 cm³/mol. The summed E-state index contributed by atoms with van der Waals surface area (Å²) in [6.45, 7) is 11.6. The van der Waals surface area contributed by atoms with Crippen LogP contribution in [0, 0.1) is 23.2 Å². The van der Waals surface area contributed by atoms with Crippen molar-refractivity contribution in [3.8, 4) is 0 Å². The Kier molecular flexibility index (Phi) is 8.31. The van der Waals surface area contributed by atoms with E-state index in [1.807, 2.05) is 40.7 Å². The summed E-state index contributed by atoms with van der Waals surface area (Å²) in [4.78, 5) is 25.1. The molecule has 1 aliphatic heterocycles. The van der Waals surface area contributed by atoms with E-state index in [4.69, 9.17) is 18.9 Å². The maximum absolute atomic E-state index is 12.9. The number of ether oxygens (including phenoxy) is 4. The fraction of sp³-hybridized carbons (Fsp3) is 0.778. The van der Waals surface area contributed by atoms with Crippen molar-refractivity contribution in [2.75, 3.05) is 7.11 Å². The number of carbonyl (C=O) groups is 2. The number of esters is 2. The molecule has 0 bridgehead atoms. The molecule has 7 nitrogen and oxygen atoms in total. The lowest BCUT2D eigenvalue weighted by Gasteiger charge is -2.44. The second-order valence-corrected chi connectivity index (χ2v) is 11.1. The summed E-state index contributed by atoms with van der Waals surface area (Å²) in [5, 5.41) is 10.5. The van der Waals surface area contributed by atoms with Crippen molar-refractivity contribution >= 4 is 11.9 Å². The van der Waals surface area contributed by atoms with Gasteiger partial charge in [0, 0.05) is 18.8 Å². The van der Waals surface area contributed by atoms with Gasteiger partial charge in [0.25, 0.3) is 0 Å². The Morgan fingerprint density at radius 3 is 2.56 bits per heavy atom. The Labute approximate surface area is 203 Å². The van der Waals surface area contributed by atoms with Crippen LogP contribution in [0.2, 0.25) is 0 Å². The minimum Gasteiger partial charge on any atom is -0.467 e. The number of aliphatic hydroxyl groups excluding tert-OH is 1. The number of rotatable bonds is 7. The second-order valence-electron chi connectivity index (χ2n) is 11.1. The van der Waals surface area contributed by atoms with Gasteiger partial charge in [-0.1, -0.05) is 32.1 Å². The van der Waals surface area contributed by atoms with Gasteiger partial charge in [-0.05, 0) is 64.4 Å². The minimum absolute atomic E-state index is 0.0178. The topological polar surface area (TPSA) is 91.3 Å². The summed E-state index contributed by atoms with van der Waals surface area (Å²) in [6.07, 6.45) is 7.47. The number of fused-ring (bicyclic) bond motifs is 1. The highest BCUT2D eigenvalue weighted by atomic mass is 16.7. The molecule has 0 amide bonds. The minimum atomic E-state index is -0.871. The molecule has 7 heteroatoms. The lowest BCUT2D eigenvalue weighted by atomic mass is 9.66. The quantitative estimate of drug-likeness (QED) is 0.545. The van der Waals surface area contributed by atoms with Gasteiger partial charge in [-0.2, -0.15) is 0 Å². The molecule has 7 atom stereocenters. The largest absolute Gasteiger partial charge is 0.467 e. The first-order valence-corrected chi connectivity index (χ1v) is 12.6. The van der Waals surface area contributed by atoms with Gasteiger partial charge < -0.3 is 24.1 Å². The second kappa shape index (κ2) is 10.5. The molecule has 3 rings (SSSR count). The van der Waals surface area contributed by atoms with Crippen LogP contribution in [-0.4, -0.2) is 54.4 Å². The molecular formula is C27H42O7. The maximum Gasteiger partial charge on any atom is 0.335 e. The Morgan fingerprint density at radius 2 is 1.91 bits per heavy atom. The van der Waals surface area contributed by atoms with E-state index >= 15 is 0 Å². The third kappa shape index (κ3) is 6.10. The molecule has 0 aromatic rings. The average molecular weight is 479 g/mol. The summed E-state index contributed by atoms with van der Waals surface area (Å²) in [5.74, 6) is -0.954. The molecule has 1 heterocycles. The van der Waals surface area contributed by atoms with Crippen molar-refractivity contribution in [3.05, 3.63) is 23.8 Å². The van der Waals surface area contributed by atoms with Gasteiger partial charge in [0.1, 0.15) is 6.10 Å². The van der Waals surface area contributed by atoms with Gasteiger partial charge in [-0.25, -0.2) is 4.79 Å². The number of allylic oxidation sites excluding steroid dienone is 2. The van der Waals surface area contributed by atoms with Crippen molar-refractivity contribution in [1.29, 1.82) is 0 Å². The monoisotopic (exact) mass is 478 g/mol. The maximum atomic E-state index is 12.9. The smallest absolute Gasteiger partial charge is 0.335 e. The first-order valence-electron chi connectivity index (χ1n) is 12.6. The van der Waals surface area contributed by atoms with Gasteiger partial charge in [0.2, 0.25) is 0 Å². The number of hydrogen-bond acceptors (Lipinski definition) is 7. The van der Waals surface area contributed by atoms with Gasteiger partial charge in [-0.3, -0.25) is 4.79 Å². The molecule has 0 spiro atoms. The number of carbonyl (C=O) groups excluding carboxylic acids is 2. The predicted octanol–water partition coefficient (Wildman–Crippen LogP) is 4.33. The molecule has 7 unspecified atom stereocenters. The fourth-order valence-corrected chi connectivity index (χ4v) is 5.37. The van der Waals surface area contributed by atoms with Crippen molar-refractivity contribution in [2.24, 2.45) is 23.2 Å². The molecule has 0 aromatic heterocycles. The Balaban J connectivity index is 1.77. The first-order chi connectivity index (χ1) is 15.9. The Bertz CT molecular complexity index is 812. The molecule has 3 aliphatic rings. The molecule has 192 valence electrons. The molecular weight excluding hydrogens is 436 g/mol. The van der Waals surface area contributed by atoms with Crippen molar-refractivity contribution in [1.82, 2.24) is 0 Å². The zero-order chi connectivity index (χ0) is 25.3. The standard InChI is InChI=1S/C27H42O7/c1-8-26(3,4)25(30)32-21-14-18(28)13-17-10-9-16(2)20(23(17)21)12-11-19-15-22(24(29)31-7)34-27(5,6)33-19/h9-10,13,16,18-23,28H,8,11-12,14-15H2,1-7H3. The van der Waals surface area contributed by atoms with Crippen LogP contribution < -0.4 is 0 Å². The van der Waals surface area contributed by atoms with Crippen LogP contribution in [0.5, 0.6) is 0 Å². The zero-order valence-electron chi connectivity index (χ0n) is 21.7. The summed E-state index contributed by atoms with van der Waals surface area (Å²) in [7, 11) is 1.37. The normalized spacial score (nSPS) is 35.2. The van der Waals surface area contributed by atoms with E-state index < -0.39 is 23.4 Å². The van der Waals surface area contributed by atoms with E-state index in [2.05, 4.69) is 19.1 Å². The van der Waals surface area contributed by atoms with E-state index in [0.29, 0.717) is 19.3 Å². The molecule has 1 N–H and O–H groups in total. The van der Waals surface area contributed by atoms with E-state index in [1.54, 1.807) is 0 Å². The molecule has 0 aromatic carbocycles. The van der Waals surface area contributed by atoms with Gasteiger partial charge >= 0.3 is 11.9 Å². The summed E-state index contributed by atoms with van der Waals surface area (Å²) in [5.41, 5.74) is 0.470. The summed E-state index contributed by atoms with van der Waals surface area (Å²) >= 11 is 0. The lowest BCUT2D eigenvalue weighted by molar-refractivity contribution is -0.298. The third-order valence-corrected chi connectivity index (χ3v) is 7.71. The highest BCUT2D eigenvalue weighted by molar-refractivity contribution is 5.76. The summed E-state index contributed by atoms with van der Waals surface area (Å²) in [6, 6.07) is 0. The van der Waals surface area contributed by atoms with Crippen LogP contribution in [0.4, 0.5) is 0 Å². The lowest BCUT2D eigenvalue weighted by Crippen LogP contribution is -2.48. The van der Waals surface area contributed by atoms with Gasteiger partial charge in [-0.15, -0.1) is 0 Å². The van der Waals surface area contributed by atoms with Crippen LogP contribution >= 0.6 is 0 Å². The molecule has 1 fully saturated rings. The van der Waals surface area contributed by atoms with Gasteiger partial charge in [0.05, 0.1) is 24.7 Å². The fourth-order valence-electron chi connectivity index (χ4n) is 5.37. The van der Waals surface area contributed by atoms with E-state index in [-0.39, 0.29) is 41.9 Å². The van der Waals surface area contributed by atoms with Crippen LogP contribution in [0.1, 0.15) is 73.6 Å². The first kappa shape index (κ1) is 26.9. The number of hydrogen-bond donors (Lipinski definition) is 1. The summed E-state index contributed by atoms with van der Waals surface area (Å²) < 4.78 is 22.9. The molecule has 0 radical (unpaired) electrons. The van der Waals surface area contributed by atoms with Crippen LogP contribution in [0.25, 0.3) is 0 Å². The number of methoxy groups -OCH3 is 1. The zero-order valence-corrected chi connectivity index (χ0v) is 21.7. The average Bonchev–Trinajstić information content (AvgIpc) is 2.76. The molecule has 1 saturated heterocycles. The van der Waals surface area contributed by atoms with Crippen molar-refractivity contribution in [3.63, 3.8) is 0 Å². The van der Waals surface area contributed by atoms with E-state index in [0.717, 1.165) is 18.4 Å². The van der Waals surface area contributed by atoms with E-state index in [9.17, 15) is 14.7 Å². The van der Waals surface area contributed by atoms with Crippen molar-refractivity contribution in [2.45, 2.75) is 104 Å². The van der Waals surface area contributed by atoms with E-state index in [1.165, 1.54) is 7.11 Å². The number of aliphatic hydroxyl groups is 1. The molecule has 0 saturated carbocycles. The van der Waals surface area contributed by atoms with Crippen LogP contribution in [0.3, 0.4) is 0 Å². The van der Waals surface area contributed by atoms with Crippen LogP contribution in [0.15, 0.2) is 23.8 Å². The SMILES string of the molecule is CCC(C)(C)C(=O)OC1CC(O)C=C2C=CC(C)C(CCC3CC(C(=O)OC)OC(C)(C)O3)C21. The highest BCUT2D eigenvalue weighted by Gasteiger charge is 2.44.